The van der Waals surface area contributed by atoms with Crippen LogP contribution in [0.4, 0.5) is 4.39 Å². The molecule has 1 aromatic carbocycles. The zero-order valence-corrected chi connectivity index (χ0v) is 11.2. The second-order valence-corrected chi connectivity index (χ2v) is 5.10. The Morgan fingerprint density at radius 1 is 1.43 bits per heavy atom. The fourth-order valence-electron chi connectivity index (χ4n) is 1.13. The smallest absolute Gasteiger partial charge is 0.139 e. The van der Waals surface area contributed by atoms with E-state index in [9.17, 15) is 4.39 Å². The van der Waals surface area contributed by atoms with Gasteiger partial charge in [0.2, 0.25) is 0 Å². The zero-order chi connectivity index (χ0) is 10.3. The number of pyridine rings is 1. The summed E-state index contributed by atoms with van der Waals surface area (Å²) in [5, 5.41) is 1.36. The van der Waals surface area contributed by atoms with Crippen molar-refractivity contribution in [2.75, 3.05) is 0 Å². The first-order chi connectivity index (χ1) is 6.59. The topological polar surface area (TPSA) is 12.9 Å². The third kappa shape index (κ3) is 1.75. The molecular formula is C9H3BrClFIN. The van der Waals surface area contributed by atoms with Crippen molar-refractivity contribution in [2.24, 2.45) is 0 Å². The fraction of sp³-hybridized carbons (Fsp3) is 0. The first kappa shape index (κ1) is 10.6. The highest BCUT2D eigenvalue weighted by molar-refractivity contribution is 14.1. The molecule has 0 aliphatic carbocycles. The van der Waals surface area contributed by atoms with Crippen LogP contribution in [0, 0.1) is 9.39 Å². The average molecular weight is 386 g/mol. The van der Waals surface area contributed by atoms with Gasteiger partial charge in [-0.2, -0.15) is 0 Å². The average Bonchev–Trinajstić information content (AvgIpc) is 2.15. The number of rotatable bonds is 0. The Kier molecular flexibility index (Phi) is 2.95. The summed E-state index contributed by atoms with van der Waals surface area (Å²) in [6.07, 6.45) is 1.62. The Balaban J connectivity index is 2.89. The van der Waals surface area contributed by atoms with E-state index in [1.54, 1.807) is 12.3 Å². The monoisotopic (exact) mass is 385 g/mol. The molecule has 0 aliphatic heterocycles. The van der Waals surface area contributed by atoms with Crippen molar-refractivity contribution in [1.82, 2.24) is 4.98 Å². The third-order valence-electron chi connectivity index (χ3n) is 1.80. The van der Waals surface area contributed by atoms with Gasteiger partial charge in [-0.05, 0) is 44.6 Å². The van der Waals surface area contributed by atoms with Crippen molar-refractivity contribution < 1.29 is 4.39 Å². The van der Waals surface area contributed by atoms with Crippen LogP contribution in [-0.2, 0) is 0 Å². The summed E-state index contributed by atoms with van der Waals surface area (Å²) in [6.45, 7) is 0. The lowest BCUT2D eigenvalue weighted by Gasteiger charge is -2.03. The van der Waals surface area contributed by atoms with Crippen LogP contribution in [-0.4, -0.2) is 4.98 Å². The van der Waals surface area contributed by atoms with Gasteiger partial charge in [-0.15, -0.1) is 0 Å². The molecule has 0 fully saturated rings. The predicted octanol–water partition coefficient (Wildman–Crippen LogP) is 4.39. The Hall–Kier alpha value is 0.0600. The molecule has 0 amide bonds. The Morgan fingerprint density at radius 2 is 2.14 bits per heavy atom. The van der Waals surface area contributed by atoms with Gasteiger partial charge in [0, 0.05) is 17.6 Å². The van der Waals surface area contributed by atoms with Crippen LogP contribution in [0.5, 0.6) is 0 Å². The van der Waals surface area contributed by atoms with Gasteiger partial charge in [0.25, 0.3) is 0 Å². The largest absolute Gasteiger partial charge is 0.255 e. The lowest BCUT2D eigenvalue weighted by molar-refractivity contribution is 0.623. The van der Waals surface area contributed by atoms with Gasteiger partial charge < -0.3 is 0 Å². The van der Waals surface area contributed by atoms with E-state index in [4.69, 9.17) is 11.6 Å². The highest BCUT2D eigenvalue weighted by atomic mass is 127. The van der Waals surface area contributed by atoms with E-state index in [-0.39, 0.29) is 5.82 Å². The summed E-state index contributed by atoms with van der Waals surface area (Å²) < 4.78 is 14.4. The quantitative estimate of drug-likeness (QED) is 0.612. The Morgan fingerprint density at radius 3 is 2.86 bits per heavy atom. The minimum Gasteiger partial charge on any atom is -0.255 e. The summed E-state index contributed by atoms with van der Waals surface area (Å²) in [5.41, 5.74) is 0.566. The van der Waals surface area contributed by atoms with E-state index in [1.807, 2.05) is 0 Å². The minimum atomic E-state index is -0.331. The number of fused-ring (bicyclic) bond motifs is 1. The van der Waals surface area contributed by atoms with Crippen molar-refractivity contribution in [2.45, 2.75) is 0 Å². The van der Waals surface area contributed by atoms with Crippen molar-refractivity contribution in [1.29, 1.82) is 0 Å². The number of benzene rings is 1. The molecule has 0 bridgehead atoms. The second-order valence-electron chi connectivity index (χ2n) is 2.70. The van der Waals surface area contributed by atoms with Crippen LogP contribution in [0.3, 0.4) is 0 Å². The van der Waals surface area contributed by atoms with Crippen molar-refractivity contribution in [3.8, 4) is 0 Å². The van der Waals surface area contributed by atoms with Gasteiger partial charge in [0.05, 0.1) is 18.6 Å². The van der Waals surface area contributed by atoms with E-state index >= 15 is 0 Å². The molecule has 0 atom stereocenters. The number of nitrogens with zero attached hydrogens (tertiary/aromatic N) is 1. The van der Waals surface area contributed by atoms with Crippen molar-refractivity contribution in [3.05, 3.63) is 37.2 Å². The van der Waals surface area contributed by atoms with Crippen LogP contribution in [0.2, 0.25) is 5.02 Å². The fourth-order valence-corrected chi connectivity index (χ4v) is 2.10. The van der Waals surface area contributed by atoms with Gasteiger partial charge in [-0.1, -0.05) is 11.6 Å². The molecule has 2 aromatic rings. The number of hydrogen-bond donors (Lipinski definition) is 0. The van der Waals surface area contributed by atoms with Crippen LogP contribution in [0.15, 0.2) is 22.8 Å². The Bertz CT molecular complexity index is 518. The maximum atomic E-state index is 13.1. The number of hydrogen-bond acceptors (Lipinski definition) is 1. The molecule has 1 heterocycles. The van der Waals surface area contributed by atoms with Gasteiger partial charge >= 0.3 is 0 Å². The number of halogens is 4. The van der Waals surface area contributed by atoms with Crippen LogP contribution in [0.25, 0.3) is 10.9 Å². The first-order valence-corrected chi connectivity index (χ1v) is 5.93. The second kappa shape index (κ2) is 3.90. The van der Waals surface area contributed by atoms with E-state index in [2.05, 4.69) is 43.5 Å². The van der Waals surface area contributed by atoms with E-state index in [0.29, 0.717) is 15.0 Å². The van der Waals surface area contributed by atoms with Crippen LogP contribution in [0.1, 0.15) is 0 Å². The molecule has 0 saturated heterocycles. The normalized spacial score (nSPS) is 10.9. The molecule has 5 heteroatoms. The molecule has 1 nitrogen and oxygen atoms in total. The van der Waals surface area contributed by atoms with E-state index in [0.717, 1.165) is 8.96 Å². The van der Waals surface area contributed by atoms with Gasteiger partial charge in [0.1, 0.15) is 5.82 Å². The summed E-state index contributed by atoms with van der Waals surface area (Å²) in [6, 6.07) is 3.00. The molecular weight excluding hydrogens is 383 g/mol. The van der Waals surface area contributed by atoms with Crippen LogP contribution < -0.4 is 0 Å². The maximum absolute atomic E-state index is 13.1. The lowest BCUT2D eigenvalue weighted by atomic mass is 10.2. The standard InChI is InChI=1S/C9H3BrClFIN/c10-5-1-4-8(2-6(5)12)14-3-7(13)9(4)11/h1-3H. The lowest BCUT2D eigenvalue weighted by Crippen LogP contribution is -1.86. The summed E-state index contributed by atoms with van der Waals surface area (Å²) >= 11 is 11.3. The molecule has 2 rings (SSSR count). The minimum absolute atomic E-state index is 0.331. The first-order valence-electron chi connectivity index (χ1n) is 3.68. The molecule has 14 heavy (non-hydrogen) atoms. The maximum Gasteiger partial charge on any atom is 0.139 e. The summed E-state index contributed by atoms with van der Waals surface area (Å²) in [5.74, 6) is -0.331. The van der Waals surface area contributed by atoms with Crippen LogP contribution >= 0.6 is 50.1 Å². The third-order valence-corrected chi connectivity index (χ3v) is 3.95. The molecule has 0 N–H and O–H groups in total. The van der Waals surface area contributed by atoms with Crippen molar-refractivity contribution in [3.63, 3.8) is 0 Å². The molecule has 0 aliphatic rings. The van der Waals surface area contributed by atoms with Gasteiger partial charge in [-0.25, -0.2) is 4.39 Å². The predicted molar refractivity (Wildman–Crippen MR) is 67.1 cm³/mol. The molecule has 0 unspecified atom stereocenters. The highest BCUT2D eigenvalue weighted by Gasteiger charge is 2.08. The number of aromatic nitrogens is 1. The molecule has 1 aromatic heterocycles. The zero-order valence-electron chi connectivity index (χ0n) is 6.69. The molecule has 0 saturated carbocycles. The molecule has 72 valence electrons. The highest BCUT2D eigenvalue weighted by Crippen LogP contribution is 2.30. The molecule has 0 spiro atoms. The van der Waals surface area contributed by atoms with Gasteiger partial charge in [-0.3, -0.25) is 4.98 Å². The molecule has 0 radical (unpaired) electrons. The summed E-state index contributed by atoms with van der Waals surface area (Å²) in [4.78, 5) is 4.09. The van der Waals surface area contributed by atoms with Gasteiger partial charge in [0.15, 0.2) is 0 Å². The SMILES string of the molecule is Fc1cc2ncc(I)c(Cl)c2cc1Br. The van der Waals surface area contributed by atoms with E-state index in [1.165, 1.54) is 6.07 Å². The Labute approximate surface area is 107 Å². The van der Waals surface area contributed by atoms with E-state index < -0.39 is 0 Å². The summed E-state index contributed by atoms with van der Waals surface area (Å²) in [7, 11) is 0. The van der Waals surface area contributed by atoms with Crippen molar-refractivity contribution >= 4 is 61.0 Å².